The summed E-state index contributed by atoms with van der Waals surface area (Å²) in [5.74, 6) is 2.37. The molecule has 99 heavy (non-hydrogen) atoms. The van der Waals surface area contributed by atoms with Crippen molar-refractivity contribution in [3.05, 3.63) is 226 Å². The smallest absolute Gasteiger partial charge is 0.157 e. The van der Waals surface area contributed by atoms with E-state index < -0.39 is 0 Å². The molecule has 0 unspecified atom stereocenters. The Morgan fingerprint density at radius 1 is 0.192 bits per heavy atom. The first-order chi connectivity index (χ1) is 47.4. The Labute approximate surface area is 614 Å². The summed E-state index contributed by atoms with van der Waals surface area (Å²) in [6.07, 6.45) is 0. The van der Waals surface area contributed by atoms with E-state index in [2.05, 4.69) is 20.8 Å². The van der Waals surface area contributed by atoms with Crippen LogP contribution in [0.5, 0.6) is 57.5 Å². The van der Waals surface area contributed by atoms with Gasteiger partial charge in [0.2, 0.25) is 0 Å². The molecule has 8 rings (SSSR count). The van der Waals surface area contributed by atoms with E-state index in [1.807, 2.05) is 335 Å². The molecule has 0 atom stereocenters. The van der Waals surface area contributed by atoms with E-state index in [1.54, 1.807) is 66.7 Å². The molecule has 8 aromatic rings. The minimum Gasteiger partial charge on any atom is -0.508 e. The fourth-order valence-corrected chi connectivity index (χ4v) is 5.39. The second-order valence-electron chi connectivity index (χ2n) is 16.7. The lowest BCUT2D eigenvalue weighted by molar-refractivity contribution is 0.404. The van der Waals surface area contributed by atoms with Crippen molar-refractivity contribution in [3.63, 3.8) is 0 Å². The lowest BCUT2D eigenvalue weighted by Crippen LogP contribution is -2.10. The molecule has 0 saturated carbocycles. The number of aromatic hydroxyl groups is 10. The fraction of sp³-hybridized carbons (Fsp3) is 0.461. The second kappa shape index (κ2) is 106. The Morgan fingerprint density at radius 2 is 0.404 bits per heavy atom. The van der Waals surface area contributed by atoms with Crippen molar-refractivity contribution in [1.29, 1.82) is 0 Å². The summed E-state index contributed by atoms with van der Waals surface area (Å²) in [6, 6.07) is 51.9. The molecule has 0 amide bonds. The van der Waals surface area contributed by atoms with Crippen molar-refractivity contribution < 1.29 is 51.1 Å². The van der Waals surface area contributed by atoms with Crippen molar-refractivity contribution in [1.82, 2.24) is 0 Å². The maximum absolute atomic E-state index is 9.33. The van der Waals surface area contributed by atoms with Crippen molar-refractivity contribution >= 4 is 0 Å². The van der Waals surface area contributed by atoms with Gasteiger partial charge in [-0.25, -0.2) is 0 Å². The van der Waals surface area contributed by atoms with Gasteiger partial charge in [0.05, 0.1) is 0 Å². The Kier molecular flexibility index (Phi) is 136. The van der Waals surface area contributed by atoms with Gasteiger partial charge in [0.1, 0.15) is 46.0 Å². The lowest BCUT2D eigenvalue weighted by Gasteiger charge is -2.18. The first-order valence-corrected chi connectivity index (χ1v) is 36.9. The third kappa shape index (κ3) is 89.8. The van der Waals surface area contributed by atoms with Gasteiger partial charge >= 0.3 is 0 Å². The van der Waals surface area contributed by atoms with Gasteiger partial charge in [-0.3, -0.25) is 0 Å². The highest BCUT2D eigenvalue weighted by molar-refractivity contribution is 5.42. The maximum Gasteiger partial charge on any atom is 0.157 e. The molecular weight excluding hydrogens is 1230 g/mol. The number of aryl methyl sites for hydroxylation is 7. The molecule has 0 aliphatic rings. The van der Waals surface area contributed by atoms with Crippen LogP contribution in [0.2, 0.25) is 0 Å². The zero-order chi connectivity index (χ0) is 82.1. The van der Waals surface area contributed by atoms with Crippen LogP contribution in [-0.2, 0) is 5.41 Å². The molecule has 576 valence electrons. The van der Waals surface area contributed by atoms with E-state index in [0.29, 0.717) is 34.5 Å². The highest BCUT2D eigenvalue weighted by atomic mass is 16.3. The van der Waals surface area contributed by atoms with Crippen molar-refractivity contribution in [2.75, 3.05) is 0 Å². The molecule has 0 heterocycles. The third-order valence-corrected chi connectivity index (χ3v) is 9.45. The monoisotopic (exact) mass is 1390 g/mol. The van der Waals surface area contributed by atoms with Crippen molar-refractivity contribution in [2.24, 2.45) is 0 Å². The van der Waals surface area contributed by atoms with Gasteiger partial charge in [0.25, 0.3) is 0 Å². The summed E-state index contributed by atoms with van der Waals surface area (Å²) in [6.45, 7) is 79.9. The molecule has 0 aliphatic carbocycles. The lowest BCUT2D eigenvalue weighted by atomic mass is 9.87. The summed E-state index contributed by atoms with van der Waals surface area (Å²) < 4.78 is 0. The van der Waals surface area contributed by atoms with Gasteiger partial charge < -0.3 is 51.1 Å². The van der Waals surface area contributed by atoms with E-state index in [9.17, 15) is 10.2 Å². The van der Waals surface area contributed by atoms with Gasteiger partial charge in [-0.05, 0) is 166 Å². The largest absolute Gasteiger partial charge is 0.508 e. The van der Waals surface area contributed by atoms with Gasteiger partial charge in [0.15, 0.2) is 11.5 Å². The Hall–Kier alpha value is -8.24. The first-order valence-electron chi connectivity index (χ1n) is 36.9. The Bertz CT molecular complexity index is 2430. The van der Waals surface area contributed by atoms with Gasteiger partial charge in [-0.1, -0.05) is 343 Å². The van der Waals surface area contributed by atoms with Crippen LogP contribution >= 0.6 is 0 Å². The van der Waals surface area contributed by atoms with E-state index >= 15 is 0 Å². The SMILES string of the molecule is CC.CC.CC.CC.CC.CC.CC.CC.CC.CC.CC.CC.CC.CC.CC.CC(C)(C)c1ccc(O)cc1.Cc1cc(C)c(O)c(C)c1.Cc1ccc(O)cc1.Cc1cccc(C)c1O.Cc1ccccc1O.Oc1ccc(O)cc1.Oc1ccccc1.Oc1ccccc1O. The number of hydrogen-bond acceptors (Lipinski definition) is 10. The quantitative estimate of drug-likeness (QED) is 0.0514. The van der Waals surface area contributed by atoms with Crippen LogP contribution in [0.4, 0.5) is 0 Å². The van der Waals surface area contributed by atoms with Crippen LogP contribution < -0.4 is 0 Å². The first kappa shape index (κ1) is 127. The molecule has 10 nitrogen and oxygen atoms in total. The Balaban J connectivity index is -0.0000000594. The minimum absolute atomic E-state index is 0.0764. The second-order valence-corrected chi connectivity index (χ2v) is 16.7. The van der Waals surface area contributed by atoms with E-state index in [4.69, 9.17) is 40.9 Å². The number of para-hydroxylation sites is 5. The highest BCUT2D eigenvalue weighted by Crippen LogP contribution is 2.25. The minimum atomic E-state index is -0.0764. The highest BCUT2D eigenvalue weighted by Gasteiger charge is 2.12. The number of rotatable bonds is 0. The zero-order valence-electron chi connectivity index (χ0n) is 71.3. The molecule has 8 aromatic carbocycles. The molecule has 0 saturated heterocycles. The van der Waals surface area contributed by atoms with E-state index in [0.717, 1.165) is 27.8 Å². The van der Waals surface area contributed by atoms with Gasteiger partial charge in [0, 0.05) is 0 Å². The van der Waals surface area contributed by atoms with Gasteiger partial charge in [-0.2, -0.15) is 0 Å². The summed E-state index contributed by atoms with van der Waals surface area (Å²) in [5, 5.41) is 88.5. The standard InChI is InChI=1S/C10H14O.C9H12O.C8H10O.2C7H8O.2C6H6O2.C6H6O.15C2H6/c1-10(2,3)8-4-6-9(11)7-5-8;1-6-4-7(2)9(10)8(3)5-6;1-6-4-3-5-7(2)8(6)9;1-6-2-4-7(8)5-3-6;1-6-4-2-3-5-7(6)8;7-5-1-2-6(8)4-3-5;7-5-3-1-2-4-6(5)8;7-6-4-2-1-3-5-6;15*1-2/h4-7,11H,1-3H3;4-5,10H,1-3H3;3-5,9H,1-2H3;2*2-5,8H,1H3;2*1-4,7-8H;1-5,7H;15*1-2H3. The molecule has 0 aromatic heterocycles. The summed E-state index contributed by atoms with van der Waals surface area (Å²) in [5.41, 5.74) is 8.51. The van der Waals surface area contributed by atoms with Crippen molar-refractivity contribution in [2.45, 2.75) is 282 Å². The molecule has 0 aliphatic heterocycles. The average Bonchev–Trinajstić information content (AvgIpc) is 0.898. The third-order valence-electron chi connectivity index (χ3n) is 9.45. The van der Waals surface area contributed by atoms with Crippen LogP contribution in [0.15, 0.2) is 182 Å². The van der Waals surface area contributed by atoms with E-state index in [-0.39, 0.29) is 28.4 Å². The molecule has 0 spiro atoms. The van der Waals surface area contributed by atoms with Crippen LogP contribution in [0.3, 0.4) is 0 Å². The molecular formula is C89H160O10. The molecule has 0 bridgehead atoms. The average molecular weight is 1390 g/mol. The number of hydrogen-bond donors (Lipinski definition) is 10. The van der Waals surface area contributed by atoms with E-state index in [1.165, 1.54) is 53.1 Å². The molecule has 0 radical (unpaired) electrons. The number of phenolic OH excluding ortho intramolecular Hbond substituents is 10. The Morgan fingerprint density at radius 3 is 0.606 bits per heavy atom. The number of benzene rings is 8. The number of phenols is 10. The molecule has 0 fully saturated rings. The van der Waals surface area contributed by atoms with Crippen molar-refractivity contribution in [3.8, 4) is 57.5 Å². The molecule has 10 N–H and O–H groups in total. The predicted molar refractivity (Wildman–Crippen MR) is 450 cm³/mol. The molecule has 10 heteroatoms. The zero-order valence-corrected chi connectivity index (χ0v) is 71.3. The normalized spacial score (nSPS) is 7.60. The van der Waals surface area contributed by atoms with Crippen LogP contribution in [0.1, 0.15) is 273 Å². The predicted octanol–water partition coefficient (Wildman–Crippen LogP) is 29.4. The van der Waals surface area contributed by atoms with Crippen LogP contribution in [0, 0.1) is 48.5 Å². The van der Waals surface area contributed by atoms with Crippen LogP contribution in [-0.4, -0.2) is 51.1 Å². The fourth-order valence-electron chi connectivity index (χ4n) is 5.39. The summed E-state index contributed by atoms with van der Waals surface area (Å²) >= 11 is 0. The van der Waals surface area contributed by atoms with Gasteiger partial charge in [-0.15, -0.1) is 0 Å². The maximum atomic E-state index is 9.33. The van der Waals surface area contributed by atoms with Crippen LogP contribution in [0.25, 0.3) is 0 Å². The summed E-state index contributed by atoms with van der Waals surface area (Å²) in [7, 11) is 0. The summed E-state index contributed by atoms with van der Waals surface area (Å²) in [4.78, 5) is 0. The topological polar surface area (TPSA) is 202 Å².